The Balaban J connectivity index is 2.28. The Kier molecular flexibility index (Phi) is 2.73. The topological polar surface area (TPSA) is 37.3 Å². The standard InChI is InChI=1S/C12H11F3O2/c13-12(14,15)9-3-1-8(2-4-9)11(5-6-11)10(17)7-16/h1-4,16H,5-7H2. The zero-order valence-electron chi connectivity index (χ0n) is 8.92. The lowest BCUT2D eigenvalue weighted by Crippen LogP contribution is -2.23. The molecule has 5 heteroatoms. The number of aliphatic hydroxyl groups excluding tert-OH is 1. The van der Waals surface area contributed by atoms with Crippen molar-refractivity contribution in [1.82, 2.24) is 0 Å². The third kappa shape index (κ3) is 2.07. The maximum Gasteiger partial charge on any atom is 0.416 e. The first kappa shape index (κ1) is 12.1. The quantitative estimate of drug-likeness (QED) is 0.885. The van der Waals surface area contributed by atoms with Crippen LogP contribution in [0.2, 0.25) is 0 Å². The second kappa shape index (κ2) is 3.84. The Morgan fingerprint density at radius 2 is 1.76 bits per heavy atom. The van der Waals surface area contributed by atoms with Crippen LogP contribution in [-0.2, 0) is 16.4 Å². The number of carbonyl (C=O) groups is 1. The van der Waals surface area contributed by atoms with Gasteiger partial charge in [0.2, 0.25) is 0 Å². The van der Waals surface area contributed by atoms with Crippen molar-refractivity contribution in [2.24, 2.45) is 0 Å². The highest BCUT2D eigenvalue weighted by Crippen LogP contribution is 2.49. The predicted octanol–water partition coefficient (Wildman–Crippen LogP) is 2.30. The minimum absolute atomic E-state index is 0.322. The van der Waals surface area contributed by atoms with Crippen LogP contribution in [0, 0.1) is 0 Å². The number of carbonyl (C=O) groups excluding carboxylic acids is 1. The molecule has 2 rings (SSSR count). The fraction of sp³-hybridized carbons (Fsp3) is 0.417. The molecule has 2 nitrogen and oxygen atoms in total. The van der Waals surface area contributed by atoms with E-state index in [1.807, 2.05) is 0 Å². The van der Waals surface area contributed by atoms with Crippen LogP contribution >= 0.6 is 0 Å². The van der Waals surface area contributed by atoms with Gasteiger partial charge in [-0.25, -0.2) is 0 Å². The second-order valence-corrected chi connectivity index (χ2v) is 4.24. The summed E-state index contributed by atoms with van der Waals surface area (Å²) in [4.78, 5) is 11.5. The van der Waals surface area contributed by atoms with E-state index >= 15 is 0 Å². The third-order valence-electron chi connectivity index (χ3n) is 3.19. The van der Waals surface area contributed by atoms with E-state index in [9.17, 15) is 18.0 Å². The molecule has 1 aromatic rings. The highest BCUT2D eigenvalue weighted by molar-refractivity contribution is 5.93. The van der Waals surface area contributed by atoms with E-state index in [0.717, 1.165) is 12.1 Å². The Hall–Kier alpha value is -1.36. The normalized spacial score (nSPS) is 17.9. The third-order valence-corrected chi connectivity index (χ3v) is 3.19. The highest BCUT2D eigenvalue weighted by Gasteiger charge is 2.50. The van der Waals surface area contributed by atoms with Crippen molar-refractivity contribution < 1.29 is 23.1 Å². The van der Waals surface area contributed by atoms with E-state index < -0.39 is 23.8 Å². The Morgan fingerprint density at radius 1 is 1.24 bits per heavy atom. The molecular formula is C12H11F3O2. The van der Waals surface area contributed by atoms with Gasteiger partial charge in [0.1, 0.15) is 6.61 Å². The molecule has 0 atom stereocenters. The summed E-state index contributed by atoms with van der Waals surface area (Å²) in [6.45, 7) is -0.568. The van der Waals surface area contributed by atoms with Crippen LogP contribution in [0.25, 0.3) is 0 Å². The fourth-order valence-corrected chi connectivity index (χ4v) is 1.98. The molecule has 17 heavy (non-hydrogen) atoms. The Labute approximate surface area is 96.1 Å². The number of aliphatic hydroxyl groups is 1. The number of rotatable bonds is 3. The number of Topliss-reactive ketones (excluding diaryl/α,β-unsaturated/α-hetero) is 1. The molecule has 1 aliphatic rings. The van der Waals surface area contributed by atoms with Crippen LogP contribution in [0.15, 0.2) is 24.3 Å². The van der Waals surface area contributed by atoms with Gasteiger partial charge in [-0.1, -0.05) is 12.1 Å². The Morgan fingerprint density at radius 3 is 2.12 bits per heavy atom. The molecule has 0 unspecified atom stereocenters. The van der Waals surface area contributed by atoms with Crippen LogP contribution in [-0.4, -0.2) is 17.5 Å². The van der Waals surface area contributed by atoms with Gasteiger partial charge in [0.05, 0.1) is 11.0 Å². The Bertz CT molecular complexity index is 430. The maximum atomic E-state index is 12.3. The summed E-state index contributed by atoms with van der Waals surface area (Å²) < 4.78 is 37.0. The number of hydrogen-bond acceptors (Lipinski definition) is 2. The van der Waals surface area contributed by atoms with Crippen molar-refractivity contribution in [3.05, 3.63) is 35.4 Å². The number of halogens is 3. The molecule has 0 radical (unpaired) electrons. The maximum absolute atomic E-state index is 12.3. The van der Waals surface area contributed by atoms with Crippen molar-refractivity contribution in [1.29, 1.82) is 0 Å². The summed E-state index contributed by atoms with van der Waals surface area (Å²) >= 11 is 0. The van der Waals surface area contributed by atoms with Crippen LogP contribution in [0.5, 0.6) is 0 Å². The lowest BCUT2D eigenvalue weighted by Gasteiger charge is -2.14. The summed E-state index contributed by atoms with van der Waals surface area (Å²) in [6.07, 6.45) is -3.17. The minimum Gasteiger partial charge on any atom is -0.389 e. The predicted molar refractivity (Wildman–Crippen MR) is 54.4 cm³/mol. The summed E-state index contributed by atoms with van der Waals surface area (Å²) in [5.41, 5.74) is -0.906. The van der Waals surface area contributed by atoms with Crippen LogP contribution in [0.3, 0.4) is 0 Å². The van der Waals surface area contributed by atoms with Gasteiger partial charge in [0.15, 0.2) is 5.78 Å². The summed E-state index contributed by atoms with van der Waals surface area (Å²) in [5.74, 6) is -0.322. The van der Waals surface area contributed by atoms with E-state index in [4.69, 9.17) is 5.11 Å². The van der Waals surface area contributed by atoms with E-state index in [1.54, 1.807) is 0 Å². The van der Waals surface area contributed by atoms with Crippen LogP contribution < -0.4 is 0 Å². The molecule has 92 valence electrons. The second-order valence-electron chi connectivity index (χ2n) is 4.24. The van der Waals surface area contributed by atoms with Gasteiger partial charge in [-0.05, 0) is 30.5 Å². The van der Waals surface area contributed by atoms with Gasteiger partial charge < -0.3 is 5.11 Å². The first-order valence-electron chi connectivity index (χ1n) is 5.22. The largest absolute Gasteiger partial charge is 0.416 e. The monoisotopic (exact) mass is 244 g/mol. The van der Waals surface area contributed by atoms with Crippen molar-refractivity contribution >= 4 is 5.78 Å². The molecule has 0 amide bonds. The number of ketones is 1. The smallest absolute Gasteiger partial charge is 0.389 e. The van der Waals surface area contributed by atoms with Gasteiger partial charge in [-0.2, -0.15) is 13.2 Å². The van der Waals surface area contributed by atoms with Crippen LogP contribution in [0.1, 0.15) is 24.0 Å². The average Bonchev–Trinajstić information content (AvgIpc) is 3.08. The van der Waals surface area contributed by atoms with E-state index in [0.29, 0.717) is 18.4 Å². The van der Waals surface area contributed by atoms with E-state index in [-0.39, 0.29) is 5.78 Å². The summed E-state index contributed by atoms with van der Waals surface area (Å²) in [5, 5.41) is 8.83. The molecule has 1 aromatic carbocycles. The molecule has 1 N–H and O–H groups in total. The molecule has 0 aromatic heterocycles. The molecule has 0 bridgehead atoms. The van der Waals surface area contributed by atoms with Gasteiger partial charge in [0, 0.05) is 0 Å². The van der Waals surface area contributed by atoms with Gasteiger partial charge >= 0.3 is 6.18 Å². The van der Waals surface area contributed by atoms with Crippen LogP contribution in [0.4, 0.5) is 13.2 Å². The lowest BCUT2D eigenvalue weighted by molar-refractivity contribution is -0.137. The van der Waals surface area contributed by atoms with E-state index in [2.05, 4.69) is 0 Å². The zero-order chi connectivity index (χ0) is 12.7. The highest BCUT2D eigenvalue weighted by atomic mass is 19.4. The van der Waals surface area contributed by atoms with Crippen molar-refractivity contribution in [3.8, 4) is 0 Å². The van der Waals surface area contributed by atoms with Gasteiger partial charge in [-0.15, -0.1) is 0 Å². The van der Waals surface area contributed by atoms with Crippen molar-refractivity contribution in [2.45, 2.75) is 24.4 Å². The minimum atomic E-state index is -4.36. The first-order chi connectivity index (χ1) is 7.90. The first-order valence-corrected chi connectivity index (χ1v) is 5.22. The molecule has 1 aliphatic carbocycles. The number of hydrogen-bond donors (Lipinski definition) is 1. The zero-order valence-corrected chi connectivity index (χ0v) is 8.92. The van der Waals surface area contributed by atoms with Gasteiger partial charge in [0.25, 0.3) is 0 Å². The molecular weight excluding hydrogens is 233 g/mol. The fourth-order valence-electron chi connectivity index (χ4n) is 1.98. The number of benzene rings is 1. The molecule has 1 fully saturated rings. The summed E-state index contributed by atoms with van der Waals surface area (Å²) in [7, 11) is 0. The molecule has 0 spiro atoms. The van der Waals surface area contributed by atoms with Gasteiger partial charge in [-0.3, -0.25) is 4.79 Å². The van der Waals surface area contributed by atoms with Crippen molar-refractivity contribution in [3.63, 3.8) is 0 Å². The molecule has 0 aliphatic heterocycles. The number of alkyl halides is 3. The lowest BCUT2D eigenvalue weighted by atomic mass is 9.91. The molecule has 0 saturated heterocycles. The summed E-state index contributed by atoms with van der Waals surface area (Å²) in [6, 6.07) is 4.59. The SMILES string of the molecule is O=C(CO)C1(c2ccc(C(F)(F)F)cc2)CC1. The van der Waals surface area contributed by atoms with Crippen molar-refractivity contribution in [2.75, 3.05) is 6.61 Å². The van der Waals surface area contributed by atoms with E-state index in [1.165, 1.54) is 12.1 Å². The molecule has 0 heterocycles. The average molecular weight is 244 g/mol. The molecule has 1 saturated carbocycles.